The standard InChI is InChI=1S/C16H8N2/c17-9-12-5-3-7-15-14-6-2-1-4-11(14)8-13(10-18)16(12)15/h1-8H. The van der Waals surface area contributed by atoms with Crippen LogP contribution in [-0.2, 0) is 0 Å². The monoisotopic (exact) mass is 228 g/mol. The first-order chi connectivity index (χ1) is 8.85. The summed E-state index contributed by atoms with van der Waals surface area (Å²) in [6, 6.07) is 19.7. The first-order valence-corrected chi connectivity index (χ1v) is 5.60. The minimum atomic E-state index is 0.551. The van der Waals surface area contributed by atoms with Crippen LogP contribution < -0.4 is 0 Å². The van der Waals surface area contributed by atoms with Crippen LogP contribution in [0.2, 0.25) is 0 Å². The number of fused-ring (bicyclic) bond motifs is 3. The topological polar surface area (TPSA) is 47.6 Å². The summed E-state index contributed by atoms with van der Waals surface area (Å²) in [4.78, 5) is 0. The van der Waals surface area contributed by atoms with Crippen molar-refractivity contribution in [1.29, 1.82) is 10.5 Å². The molecule has 0 heterocycles. The Hall–Kier alpha value is -2.84. The zero-order chi connectivity index (χ0) is 12.5. The Morgan fingerprint density at radius 1 is 0.722 bits per heavy atom. The molecule has 0 atom stereocenters. The van der Waals surface area contributed by atoms with E-state index in [0.717, 1.165) is 21.5 Å². The summed E-state index contributed by atoms with van der Waals surface area (Å²) < 4.78 is 0. The van der Waals surface area contributed by atoms with Gasteiger partial charge in [0.05, 0.1) is 23.3 Å². The van der Waals surface area contributed by atoms with Crippen molar-refractivity contribution in [3.8, 4) is 12.1 Å². The van der Waals surface area contributed by atoms with Gasteiger partial charge in [0.25, 0.3) is 0 Å². The van der Waals surface area contributed by atoms with Crippen molar-refractivity contribution >= 4 is 21.5 Å². The minimum Gasteiger partial charge on any atom is -0.192 e. The third-order valence-electron chi connectivity index (χ3n) is 3.13. The molecule has 0 aliphatic carbocycles. The maximum absolute atomic E-state index is 9.26. The zero-order valence-electron chi connectivity index (χ0n) is 9.51. The summed E-state index contributed by atoms with van der Waals surface area (Å²) in [5.74, 6) is 0. The van der Waals surface area contributed by atoms with E-state index in [1.165, 1.54) is 0 Å². The third-order valence-corrected chi connectivity index (χ3v) is 3.13. The van der Waals surface area contributed by atoms with Gasteiger partial charge in [0, 0.05) is 5.39 Å². The maximum atomic E-state index is 9.26. The third kappa shape index (κ3) is 1.34. The number of nitriles is 2. The molecule has 0 fully saturated rings. The van der Waals surface area contributed by atoms with Crippen molar-refractivity contribution in [3.63, 3.8) is 0 Å². The van der Waals surface area contributed by atoms with Crippen molar-refractivity contribution in [2.45, 2.75) is 0 Å². The lowest BCUT2D eigenvalue weighted by Crippen LogP contribution is -1.87. The molecular formula is C16H8N2. The molecule has 3 aromatic carbocycles. The predicted molar refractivity (Wildman–Crippen MR) is 70.9 cm³/mol. The van der Waals surface area contributed by atoms with Crippen LogP contribution in [0.5, 0.6) is 0 Å². The molecule has 0 saturated carbocycles. The van der Waals surface area contributed by atoms with Crippen LogP contribution in [0, 0.1) is 22.7 Å². The number of rotatable bonds is 0. The van der Waals surface area contributed by atoms with E-state index in [9.17, 15) is 5.26 Å². The van der Waals surface area contributed by atoms with Crippen molar-refractivity contribution in [2.24, 2.45) is 0 Å². The van der Waals surface area contributed by atoms with E-state index in [1.807, 2.05) is 42.5 Å². The molecule has 0 unspecified atom stereocenters. The summed E-state index contributed by atoms with van der Waals surface area (Å²) in [5.41, 5.74) is 1.11. The van der Waals surface area contributed by atoms with Gasteiger partial charge in [0.2, 0.25) is 0 Å². The smallest absolute Gasteiger partial charge is 0.0998 e. The maximum Gasteiger partial charge on any atom is 0.0998 e. The molecule has 0 bridgehead atoms. The van der Waals surface area contributed by atoms with Crippen molar-refractivity contribution in [3.05, 3.63) is 59.7 Å². The van der Waals surface area contributed by atoms with Gasteiger partial charge in [-0.2, -0.15) is 10.5 Å². The highest BCUT2D eigenvalue weighted by Crippen LogP contribution is 2.30. The van der Waals surface area contributed by atoms with Crippen LogP contribution in [0.3, 0.4) is 0 Å². The average molecular weight is 228 g/mol. The van der Waals surface area contributed by atoms with Gasteiger partial charge < -0.3 is 0 Å². The highest BCUT2D eigenvalue weighted by molar-refractivity contribution is 6.11. The van der Waals surface area contributed by atoms with Gasteiger partial charge in [-0.3, -0.25) is 0 Å². The van der Waals surface area contributed by atoms with Gasteiger partial charge in [-0.15, -0.1) is 0 Å². The lowest BCUT2D eigenvalue weighted by atomic mass is 9.95. The Bertz CT molecular complexity index is 848. The first kappa shape index (κ1) is 10.3. The van der Waals surface area contributed by atoms with Crippen molar-refractivity contribution < 1.29 is 0 Å². The SMILES string of the molecule is N#Cc1cccc2c1c(C#N)cc1ccccc12. The molecule has 0 aromatic heterocycles. The number of hydrogen-bond acceptors (Lipinski definition) is 2. The Balaban J connectivity index is 2.67. The molecule has 3 rings (SSSR count). The van der Waals surface area contributed by atoms with E-state index in [0.29, 0.717) is 11.1 Å². The second-order valence-corrected chi connectivity index (χ2v) is 4.10. The fourth-order valence-electron chi connectivity index (χ4n) is 2.34. The molecule has 0 spiro atoms. The number of benzene rings is 3. The van der Waals surface area contributed by atoms with Gasteiger partial charge in [-0.25, -0.2) is 0 Å². The molecule has 0 saturated heterocycles. The van der Waals surface area contributed by atoms with Crippen LogP contribution in [0.25, 0.3) is 21.5 Å². The van der Waals surface area contributed by atoms with Gasteiger partial charge in [0.1, 0.15) is 0 Å². The summed E-state index contributed by atoms with van der Waals surface area (Å²) in [6.45, 7) is 0. The molecule has 3 aromatic rings. The van der Waals surface area contributed by atoms with E-state index in [1.54, 1.807) is 6.07 Å². The van der Waals surface area contributed by atoms with Gasteiger partial charge in [-0.05, 0) is 28.3 Å². The van der Waals surface area contributed by atoms with E-state index in [2.05, 4.69) is 12.1 Å². The average Bonchev–Trinajstić information content (AvgIpc) is 2.45. The Morgan fingerprint density at radius 2 is 1.44 bits per heavy atom. The van der Waals surface area contributed by atoms with Crippen molar-refractivity contribution in [2.75, 3.05) is 0 Å². The summed E-state index contributed by atoms with van der Waals surface area (Å²) >= 11 is 0. The second kappa shape index (κ2) is 3.87. The fourth-order valence-corrected chi connectivity index (χ4v) is 2.34. The molecule has 2 heteroatoms. The molecule has 0 radical (unpaired) electrons. The lowest BCUT2D eigenvalue weighted by Gasteiger charge is -2.07. The minimum absolute atomic E-state index is 0.551. The summed E-state index contributed by atoms with van der Waals surface area (Å²) in [6.07, 6.45) is 0. The highest BCUT2D eigenvalue weighted by Gasteiger charge is 2.09. The van der Waals surface area contributed by atoms with E-state index >= 15 is 0 Å². The number of hydrogen-bond donors (Lipinski definition) is 0. The molecule has 82 valence electrons. The van der Waals surface area contributed by atoms with Crippen LogP contribution in [0.4, 0.5) is 0 Å². The predicted octanol–water partition coefficient (Wildman–Crippen LogP) is 3.74. The van der Waals surface area contributed by atoms with Gasteiger partial charge >= 0.3 is 0 Å². The van der Waals surface area contributed by atoms with Crippen LogP contribution in [0.15, 0.2) is 48.5 Å². The summed E-state index contributed by atoms with van der Waals surface area (Å²) in [7, 11) is 0. The van der Waals surface area contributed by atoms with Crippen LogP contribution >= 0.6 is 0 Å². The lowest BCUT2D eigenvalue weighted by molar-refractivity contribution is 1.49. The fraction of sp³-hybridized carbons (Fsp3) is 0. The summed E-state index contributed by atoms with van der Waals surface area (Å²) in [5, 5.41) is 22.2. The molecule has 2 nitrogen and oxygen atoms in total. The van der Waals surface area contributed by atoms with E-state index in [-0.39, 0.29) is 0 Å². The molecule has 18 heavy (non-hydrogen) atoms. The molecular weight excluding hydrogens is 220 g/mol. The molecule has 0 aliphatic heterocycles. The normalized spacial score (nSPS) is 10.1. The van der Waals surface area contributed by atoms with Gasteiger partial charge in [-0.1, -0.05) is 36.4 Å². The quantitative estimate of drug-likeness (QED) is 0.550. The van der Waals surface area contributed by atoms with E-state index in [4.69, 9.17) is 5.26 Å². The van der Waals surface area contributed by atoms with Gasteiger partial charge in [0.15, 0.2) is 0 Å². The second-order valence-electron chi connectivity index (χ2n) is 4.10. The number of nitrogens with zero attached hydrogens (tertiary/aromatic N) is 2. The largest absolute Gasteiger partial charge is 0.192 e. The van der Waals surface area contributed by atoms with Crippen LogP contribution in [-0.4, -0.2) is 0 Å². The highest BCUT2D eigenvalue weighted by atomic mass is 14.3. The Morgan fingerprint density at radius 3 is 2.22 bits per heavy atom. The van der Waals surface area contributed by atoms with Crippen LogP contribution in [0.1, 0.15) is 11.1 Å². The van der Waals surface area contributed by atoms with Crippen molar-refractivity contribution in [1.82, 2.24) is 0 Å². The Kier molecular flexibility index (Phi) is 2.22. The molecule has 0 aliphatic rings. The zero-order valence-corrected chi connectivity index (χ0v) is 9.51. The first-order valence-electron chi connectivity index (χ1n) is 5.60. The Labute approximate surface area is 104 Å². The molecule has 0 N–H and O–H groups in total. The molecule has 0 amide bonds. The van der Waals surface area contributed by atoms with E-state index < -0.39 is 0 Å².